The molecule has 0 fully saturated rings. The first-order chi connectivity index (χ1) is 6.36. The highest BCUT2D eigenvalue weighted by atomic mass is 19.1. The minimum absolute atomic E-state index is 0.189. The molecule has 0 unspecified atom stereocenters. The van der Waals surface area contributed by atoms with Crippen molar-refractivity contribution in [3.05, 3.63) is 60.2 Å². The van der Waals surface area contributed by atoms with Gasteiger partial charge < -0.3 is 5.32 Å². The van der Waals surface area contributed by atoms with Gasteiger partial charge in [0.2, 0.25) is 0 Å². The Morgan fingerprint density at radius 1 is 1.00 bits per heavy atom. The summed E-state index contributed by atoms with van der Waals surface area (Å²) in [5.41, 5.74) is 1.11. The normalized spacial score (nSPS) is 15.8. The van der Waals surface area contributed by atoms with Gasteiger partial charge in [-0.25, -0.2) is 4.39 Å². The average molecular weight is 175 g/mol. The van der Waals surface area contributed by atoms with Gasteiger partial charge in [-0.15, -0.1) is 0 Å². The molecule has 0 amide bonds. The van der Waals surface area contributed by atoms with Gasteiger partial charge in [0.1, 0.15) is 5.82 Å². The number of dihydropyridines is 1. The van der Waals surface area contributed by atoms with E-state index >= 15 is 0 Å². The summed E-state index contributed by atoms with van der Waals surface area (Å²) in [5.74, 6) is 0.0764. The van der Waals surface area contributed by atoms with E-state index in [1.807, 2.05) is 24.6 Å². The van der Waals surface area contributed by atoms with Gasteiger partial charge in [0.25, 0.3) is 0 Å². The Bertz CT molecular complexity index is 326. The molecule has 0 saturated heterocycles. The van der Waals surface area contributed by atoms with Crippen molar-refractivity contribution in [1.82, 2.24) is 5.32 Å². The quantitative estimate of drug-likeness (QED) is 0.691. The first kappa shape index (κ1) is 8.05. The fourth-order valence-corrected chi connectivity index (χ4v) is 1.35. The van der Waals surface area contributed by atoms with Crippen molar-refractivity contribution < 1.29 is 4.39 Å². The largest absolute Gasteiger partial charge is 0.368 e. The van der Waals surface area contributed by atoms with Gasteiger partial charge in [-0.3, -0.25) is 0 Å². The first-order valence-electron chi connectivity index (χ1n) is 4.21. The minimum atomic E-state index is -0.189. The molecule has 0 spiro atoms. The zero-order chi connectivity index (χ0) is 9.10. The molecule has 1 heterocycles. The third-order valence-corrected chi connectivity index (χ3v) is 2.05. The maximum absolute atomic E-state index is 12.6. The van der Waals surface area contributed by atoms with Gasteiger partial charge in [-0.1, -0.05) is 24.3 Å². The molecule has 1 nitrogen and oxygen atoms in total. The highest BCUT2D eigenvalue weighted by Gasteiger charge is 2.05. The third kappa shape index (κ3) is 1.78. The van der Waals surface area contributed by atoms with Crippen LogP contribution in [0.1, 0.15) is 11.5 Å². The molecule has 0 bridgehead atoms. The third-order valence-electron chi connectivity index (χ3n) is 2.05. The maximum atomic E-state index is 12.6. The summed E-state index contributed by atoms with van der Waals surface area (Å²) in [4.78, 5) is 0. The summed E-state index contributed by atoms with van der Waals surface area (Å²) in [6.07, 6.45) is 7.84. The van der Waals surface area contributed by atoms with Gasteiger partial charge in [-0.2, -0.15) is 0 Å². The second-order valence-electron chi connectivity index (χ2n) is 2.96. The van der Waals surface area contributed by atoms with E-state index in [-0.39, 0.29) is 11.7 Å². The molecule has 2 rings (SSSR count). The Morgan fingerprint density at radius 2 is 1.62 bits per heavy atom. The summed E-state index contributed by atoms with van der Waals surface area (Å²) in [7, 11) is 0. The Balaban J connectivity index is 2.25. The lowest BCUT2D eigenvalue weighted by Gasteiger charge is -2.11. The van der Waals surface area contributed by atoms with Gasteiger partial charge in [0.15, 0.2) is 0 Å². The molecule has 66 valence electrons. The maximum Gasteiger partial charge on any atom is 0.123 e. The highest BCUT2D eigenvalue weighted by molar-refractivity contribution is 5.30. The molecule has 1 aliphatic rings. The summed E-state index contributed by atoms with van der Waals surface area (Å²) in [6, 6.07) is 6.58. The predicted molar refractivity (Wildman–Crippen MR) is 50.6 cm³/mol. The molecule has 1 aromatic rings. The van der Waals surface area contributed by atoms with Crippen LogP contribution < -0.4 is 5.32 Å². The second kappa shape index (κ2) is 3.44. The highest BCUT2D eigenvalue weighted by Crippen LogP contribution is 2.20. The van der Waals surface area contributed by atoms with Crippen LogP contribution in [0.15, 0.2) is 48.8 Å². The van der Waals surface area contributed by atoms with Crippen molar-refractivity contribution in [2.45, 2.75) is 5.92 Å². The Labute approximate surface area is 76.6 Å². The molecule has 13 heavy (non-hydrogen) atoms. The first-order valence-corrected chi connectivity index (χ1v) is 4.21. The minimum Gasteiger partial charge on any atom is -0.368 e. The second-order valence-corrected chi connectivity index (χ2v) is 2.96. The van der Waals surface area contributed by atoms with E-state index < -0.39 is 0 Å². The molecular weight excluding hydrogens is 165 g/mol. The zero-order valence-corrected chi connectivity index (χ0v) is 7.07. The van der Waals surface area contributed by atoms with Crippen molar-refractivity contribution in [2.24, 2.45) is 0 Å². The number of hydrogen-bond donors (Lipinski definition) is 1. The molecule has 0 aromatic heterocycles. The molecular formula is C11H10FN. The lowest BCUT2D eigenvalue weighted by Crippen LogP contribution is -2.02. The van der Waals surface area contributed by atoms with Crippen molar-refractivity contribution in [2.75, 3.05) is 0 Å². The SMILES string of the molecule is Fc1ccc(C2C=CNC=C2)cc1. The summed E-state index contributed by atoms with van der Waals surface area (Å²) < 4.78 is 12.6. The number of hydrogen-bond acceptors (Lipinski definition) is 1. The number of halogens is 1. The average Bonchev–Trinajstić information content (AvgIpc) is 2.20. The van der Waals surface area contributed by atoms with Crippen LogP contribution in [0.3, 0.4) is 0 Å². The van der Waals surface area contributed by atoms with Gasteiger partial charge in [0, 0.05) is 5.92 Å². The molecule has 1 N–H and O–H groups in total. The zero-order valence-electron chi connectivity index (χ0n) is 7.07. The fourth-order valence-electron chi connectivity index (χ4n) is 1.35. The van der Waals surface area contributed by atoms with E-state index in [1.54, 1.807) is 12.1 Å². The molecule has 0 saturated carbocycles. The van der Waals surface area contributed by atoms with Gasteiger partial charge >= 0.3 is 0 Å². The predicted octanol–water partition coefficient (Wildman–Crippen LogP) is 2.54. The number of allylic oxidation sites excluding steroid dienone is 2. The number of rotatable bonds is 1. The van der Waals surface area contributed by atoms with Crippen LogP contribution in [-0.2, 0) is 0 Å². The van der Waals surface area contributed by atoms with E-state index in [2.05, 4.69) is 5.32 Å². The summed E-state index contributed by atoms with van der Waals surface area (Å²) in [5, 5.41) is 2.96. The molecule has 0 radical (unpaired) electrons. The Hall–Kier alpha value is -1.57. The van der Waals surface area contributed by atoms with Crippen LogP contribution in [-0.4, -0.2) is 0 Å². The molecule has 0 atom stereocenters. The molecule has 2 heteroatoms. The molecule has 1 aliphatic heterocycles. The topological polar surface area (TPSA) is 12.0 Å². The number of nitrogens with one attached hydrogen (secondary N) is 1. The summed E-state index contributed by atoms with van der Waals surface area (Å²) in [6.45, 7) is 0. The van der Waals surface area contributed by atoms with Crippen molar-refractivity contribution in [1.29, 1.82) is 0 Å². The van der Waals surface area contributed by atoms with Gasteiger partial charge in [0.05, 0.1) is 0 Å². The van der Waals surface area contributed by atoms with Crippen LogP contribution >= 0.6 is 0 Å². The van der Waals surface area contributed by atoms with Crippen LogP contribution in [0.25, 0.3) is 0 Å². The van der Waals surface area contributed by atoms with Crippen LogP contribution in [0.2, 0.25) is 0 Å². The monoisotopic (exact) mass is 175 g/mol. The summed E-state index contributed by atoms with van der Waals surface area (Å²) >= 11 is 0. The molecule has 1 aromatic carbocycles. The van der Waals surface area contributed by atoms with E-state index in [4.69, 9.17) is 0 Å². The van der Waals surface area contributed by atoms with Crippen molar-refractivity contribution in [3.8, 4) is 0 Å². The van der Waals surface area contributed by atoms with Crippen molar-refractivity contribution in [3.63, 3.8) is 0 Å². The van der Waals surface area contributed by atoms with E-state index in [9.17, 15) is 4.39 Å². The lowest BCUT2D eigenvalue weighted by molar-refractivity contribution is 0.627. The van der Waals surface area contributed by atoms with E-state index in [0.717, 1.165) is 5.56 Å². The van der Waals surface area contributed by atoms with Gasteiger partial charge in [-0.05, 0) is 30.1 Å². The Kier molecular flexibility index (Phi) is 2.13. The van der Waals surface area contributed by atoms with Crippen LogP contribution in [0.5, 0.6) is 0 Å². The van der Waals surface area contributed by atoms with E-state index in [0.29, 0.717) is 0 Å². The Morgan fingerprint density at radius 3 is 2.23 bits per heavy atom. The molecule has 0 aliphatic carbocycles. The lowest BCUT2D eigenvalue weighted by atomic mass is 9.98. The smallest absolute Gasteiger partial charge is 0.123 e. The van der Waals surface area contributed by atoms with E-state index in [1.165, 1.54) is 12.1 Å². The van der Waals surface area contributed by atoms with Crippen LogP contribution in [0, 0.1) is 5.82 Å². The van der Waals surface area contributed by atoms with Crippen LogP contribution in [0.4, 0.5) is 4.39 Å². The van der Waals surface area contributed by atoms with Crippen molar-refractivity contribution >= 4 is 0 Å². The number of benzene rings is 1. The fraction of sp³-hybridized carbons (Fsp3) is 0.0909. The standard InChI is InChI=1S/C11H10FN/c12-11-3-1-9(2-4-11)10-5-7-13-8-6-10/h1-8,10,13H.